The topological polar surface area (TPSA) is 78.7 Å². The molecule has 1 aromatic rings. The Kier molecular flexibility index (Phi) is 5.79. The first-order chi connectivity index (χ1) is 9.28. The summed E-state index contributed by atoms with van der Waals surface area (Å²) >= 11 is 0. The number of nitrogens with zero attached hydrogens (tertiary/aromatic N) is 2. The molecule has 6 nitrogen and oxygen atoms in total. The quantitative estimate of drug-likeness (QED) is 0.731. The van der Waals surface area contributed by atoms with Gasteiger partial charge in [-0.2, -0.15) is 0 Å². The molecule has 0 heterocycles. The highest BCUT2D eigenvalue weighted by Gasteiger charge is 2.18. The predicted molar refractivity (Wildman–Crippen MR) is 83.4 cm³/mol. The third kappa shape index (κ3) is 4.09. The van der Waals surface area contributed by atoms with Gasteiger partial charge in [0.25, 0.3) is 0 Å². The largest absolute Gasteiger partial charge is 0.397 e. The lowest BCUT2D eigenvalue weighted by atomic mass is 10.2. The number of likely N-dealkylation sites (N-methyl/N-ethyl adjacent to an activating group) is 1. The molecule has 0 saturated carbocycles. The van der Waals surface area contributed by atoms with Gasteiger partial charge in [0.15, 0.2) is 0 Å². The minimum atomic E-state index is -3.43. The molecule has 20 heavy (non-hydrogen) atoms. The summed E-state index contributed by atoms with van der Waals surface area (Å²) in [5.41, 5.74) is 7.07. The van der Waals surface area contributed by atoms with Gasteiger partial charge >= 0.3 is 0 Å². The van der Waals surface area contributed by atoms with Crippen LogP contribution in [0.4, 0.5) is 11.4 Å². The molecule has 0 atom stereocenters. The van der Waals surface area contributed by atoms with Crippen LogP contribution in [0.5, 0.6) is 0 Å². The Morgan fingerprint density at radius 3 is 2.45 bits per heavy atom. The van der Waals surface area contributed by atoms with Crippen molar-refractivity contribution in [3.05, 3.63) is 18.2 Å². The lowest BCUT2D eigenvalue weighted by Gasteiger charge is -2.17. The van der Waals surface area contributed by atoms with Crippen LogP contribution in [0.3, 0.4) is 0 Å². The predicted octanol–water partition coefficient (Wildman–Crippen LogP) is 0.883. The van der Waals surface area contributed by atoms with E-state index in [9.17, 15) is 8.42 Å². The summed E-state index contributed by atoms with van der Waals surface area (Å²) in [6.45, 7) is 4.62. The monoisotopic (exact) mass is 300 g/mol. The molecule has 1 rings (SSSR count). The van der Waals surface area contributed by atoms with Gasteiger partial charge in [-0.05, 0) is 31.8 Å². The second kappa shape index (κ2) is 6.92. The molecule has 0 bridgehead atoms. The number of benzene rings is 1. The Bertz CT molecular complexity index is 543. The molecule has 0 aromatic heterocycles. The zero-order valence-electron chi connectivity index (χ0n) is 12.5. The average Bonchev–Trinajstić information content (AvgIpc) is 2.40. The first kappa shape index (κ1) is 16.7. The fraction of sp³-hybridized carbons (Fsp3) is 0.538. The molecule has 0 amide bonds. The lowest BCUT2D eigenvalue weighted by molar-refractivity contribution is 0.367. The molecule has 1 aromatic carbocycles. The fourth-order valence-electron chi connectivity index (χ4n) is 1.60. The second-order valence-corrected chi connectivity index (χ2v) is 7.01. The minimum Gasteiger partial charge on any atom is -0.397 e. The summed E-state index contributed by atoms with van der Waals surface area (Å²) in [6.07, 6.45) is 0. The fourth-order valence-corrected chi connectivity index (χ4v) is 2.53. The number of nitrogen functional groups attached to an aromatic ring is 1. The number of hydrogen-bond donors (Lipinski definition) is 2. The molecular weight excluding hydrogens is 276 g/mol. The highest BCUT2D eigenvalue weighted by atomic mass is 32.2. The van der Waals surface area contributed by atoms with Gasteiger partial charge in [-0.1, -0.05) is 6.92 Å². The van der Waals surface area contributed by atoms with Crippen LogP contribution in [0, 0.1) is 0 Å². The first-order valence-corrected chi connectivity index (χ1v) is 7.97. The molecule has 0 aliphatic rings. The van der Waals surface area contributed by atoms with Crippen LogP contribution in [0.15, 0.2) is 23.1 Å². The van der Waals surface area contributed by atoms with Crippen molar-refractivity contribution in [1.29, 1.82) is 0 Å². The van der Waals surface area contributed by atoms with E-state index >= 15 is 0 Å². The normalized spacial score (nSPS) is 12.1. The van der Waals surface area contributed by atoms with Crippen LogP contribution in [0.2, 0.25) is 0 Å². The molecule has 0 aliphatic heterocycles. The smallest absolute Gasteiger partial charge is 0.242 e. The van der Waals surface area contributed by atoms with Crippen LogP contribution in [0.1, 0.15) is 6.92 Å². The average molecular weight is 300 g/mol. The first-order valence-electron chi connectivity index (χ1n) is 6.53. The van der Waals surface area contributed by atoms with Crippen LogP contribution in [-0.4, -0.2) is 58.4 Å². The van der Waals surface area contributed by atoms with Crippen molar-refractivity contribution < 1.29 is 8.42 Å². The van der Waals surface area contributed by atoms with Gasteiger partial charge in [0.1, 0.15) is 0 Å². The van der Waals surface area contributed by atoms with Crippen molar-refractivity contribution in [1.82, 2.24) is 9.21 Å². The van der Waals surface area contributed by atoms with Crippen LogP contribution >= 0.6 is 0 Å². The van der Waals surface area contributed by atoms with Crippen molar-refractivity contribution >= 4 is 21.4 Å². The third-order valence-electron chi connectivity index (χ3n) is 3.15. The maximum Gasteiger partial charge on any atom is 0.242 e. The number of nitrogens with two attached hydrogens (primary N) is 1. The van der Waals surface area contributed by atoms with E-state index in [4.69, 9.17) is 5.73 Å². The third-order valence-corrected chi connectivity index (χ3v) is 4.96. The Hall–Kier alpha value is -1.31. The van der Waals surface area contributed by atoms with E-state index in [1.165, 1.54) is 24.5 Å². The number of sulfonamides is 1. The molecule has 0 fully saturated rings. The van der Waals surface area contributed by atoms with Gasteiger partial charge in [-0.15, -0.1) is 0 Å². The molecule has 3 N–H and O–H groups in total. The van der Waals surface area contributed by atoms with E-state index in [1.807, 2.05) is 7.05 Å². The van der Waals surface area contributed by atoms with E-state index in [0.29, 0.717) is 17.9 Å². The van der Waals surface area contributed by atoms with Crippen molar-refractivity contribution in [2.45, 2.75) is 11.8 Å². The van der Waals surface area contributed by atoms with Gasteiger partial charge in [0.05, 0.1) is 16.3 Å². The standard InChI is InChI=1S/C13H24N4O2S/c1-5-17(4)9-8-15-13-10-11(6-7-12(13)14)20(18,19)16(2)3/h6-7,10,15H,5,8-9,14H2,1-4H3. The summed E-state index contributed by atoms with van der Waals surface area (Å²) in [4.78, 5) is 2.40. The van der Waals surface area contributed by atoms with E-state index < -0.39 is 10.0 Å². The minimum absolute atomic E-state index is 0.239. The number of hydrogen-bond acceptors (Lipinski definition) is 5. The van der Waals surface area contributed by atoms with Gasteiger partial charge in [0, 0.05) is 27.2 Å². The van der Waals surface area contributed by atoms with Crippen LogP contribution in [0.25, 0.3) is 0 Å². The summed E-state index contributed by atoms with van der Waals surface area (Å²) in [5.74, 6) is 0. The molecular formula is C13H24N4O2S. The maximum absolute atomic E-state index is 12.1. The number of nitrogens with one attached hydrogen (secondary N) is 1. The van der Waals surface area contributed by atoms with E-state index in [0.717, 1.165) is 13.1 Å². The Labute approximate surface area is 121 Å². The number of rotatable bonds is 7. The number of anilines is 2. The molecule has 7 heteroatoms. The maximum atomic E-state index is 12.1. The summed E-state index contributed by atoms with van der Waals surface area (Å²) < 4.78 is 25.3. The Morgan fingerprint density at radius 1 is 1.25 bits per heavy atom. The zero-order valence-corrected chi connectivity index (χ0v) is 13.4. The molecule has 0 unspecified atom stereocenters. The molecule has 0 spiro atoms. The SMILES string of the molecule is CCN(C)CCNc1cc(S(=O)(=O)N(C)C)ccc1N. The van der Waals surface area contributed by atoms with E-state index in [2.05, 4.69) is 17.1 Å². The van der Waals surface area contributed by atoms with Crippen molar-refractivity contribution in [2.75, 3.05) is 51.8 Å². The second-order valence-electron chi connectivity index (χ2n) is 4.86. The summed E-state index contributed by atoms with van der Waals surface area (Å²) in [7, 11) is 1.61. The highest BCUT2D eigenvalue weighted by molar-refractivity contribution is 7.89. The molecule has 114 valence electrons. The van der Waals surface area contributed by atoms with Crippen molar-refractivity contribution in [2.24, 2.45) is 0 Å². The molecule has 0 saturated heterocycles. The molecule has 0 aliphatic carbocycles. The van der Waals surface area contributed by atoms with E-state index in [1.54, 1.807) is 12.1 Å². The summed E-state index contributed by atoms with van der Waals surface area (Å²) in [6, 6.07) is 4.72. The highest BCUT2D eigenvalue weighted by Crippen LogP contribution is 2.24. The summed E-state index contributed by atoms with van der Waals surface area (Å²) in [5, 5.41) is 3.18. The van der Waals surface area contributed by atoms with Gasteiger partial charge in [-0.3, -0.25) is 0 Å². The molecule has 0 radical (unpaired) electrons. The lowest BCUT2D eigenvalue weighted by Crippen LogP contribution is -2.25. The Balaban J connectivity index is 2.88. The zero-order chi connectivity index (χ0) is 15.3. The van der Waals surface area contributed by atoms with Crippen molar-refractivity contribution in [3.8, 4) is 0 Å². The van der Waals surface area contributed by atoms with Crippen LogP contribution in [-0.2, 0) is 10.0 Å². The van der Waals surface area contributed by atoms with Crippen molar-refractivity contribution in [3.63, 3.8) is 0 Å². The van der Waals surface area contributed by atoms with Gasteiger partial charge < -0.3 is 16.0 Å². The Morgan fingerprint density at radius 2 is 1.90 bits per heavy atom. The van der Waals surface area contributed by atoms with Gasteiger partial charge in [0.2, 0.25) is 10.0 Å². The van der Waals surface area contributed by atoms with Crippen LogP contribution < -0.4 is 11.1 Å². The van der Waals surface area contributed by atoms with E-state index in [-0.39, 0.29) is 4.90 Å². The van der Waals surface area contributed by atoms with Gasteiger partial charge in [-0.25, -0.2) is 12.7 Å².